The van der Waals surface area contributed by atoms with Gasteiger partial charge in [-0.25, -0.2) is 8.37 Å². The quantitative estimate of drug-likeness (QED) is 0.439. The third-order valence-corrected chi connectivity index (χ3v) is 1.19. The van der Waals surface area contributed by atoms with Crippen LogP contribution in [0.25, 0.3) is 0 Å². The predicted molar refractivity (Wildman–Crippen MR) is 95.5 cm³/mol. The van der Waals surface area contributed by atoms with E-state index in [1.807, 2.05) is 41.5 Å². The SMILES string of the molecule is CC.CC.CC.CO.CO.COS(=O)(=O)F.COS(=O)(=O)F.O=S(=O)(F)F. The van der Waals surface area contributed by atoms with Crippen LogP contribution in [-0.2, 0) is 40.0 Å². The Bertz CT molecular complexity index is 453. The topological polar surface area (TPSA) is 161 Å². The maximum Gasteiger partial charge on any atom is 0.476 e. The molecular formula is C10H32F4O10S3. The lowest BCUT2D eigenvalue weighted by Gasteiger charge is -1.78. The Kier molecular flexibility index (Phi) is 74.9. The Hall–Kier alpha value is -0.590. The molecule has 10 nitrogen and oxygen atoms in total. The van der Waals surface area contributed by atoms with Gasteiger partial charge >= 0.3 is 31.6 Å². The normalized spacial score (nSPS) is 8.44. The van der Waals surface area contributed by atoms with E-state index in [2.05, 4.69) is 8.37 Å². The molecule has 0 bridgehead atoms. The maximum atomic E-state index is 10.9. The average Bonchev–Trinajstić information content (AvgIpc) is 2.61. The van der Waals surface area contributed by atoms with Gasteiger partial charge in [0.25, 0.3) is 0 Å². The Morgan fingerprint density at radius 3 is 0.556 bits per heavy atom. The van der Waals surface area contributed by atoms with Crippen molar-refractivity contribution in [3.8, 4) is 0 Å². The standard InChI is InChI=1S/3C2H6.2CH3FO3S.2CH4O.F2O2S/c3*1-2;2*1-5-6(2,3)4;2*1-2;1-5(2,3)4/h3*1-2H3;2*1H3;2*2H,1H3;. The number of halogens is 4. The molecule has 2 N–H and O–H groups in total. The van der Waals surface area contributed by atoms with Gasteiger partial charge < -0.3 is 10.2 Å². The smallest absolute Gasteiger partial charge is 0.400 e. The first-order valence-electron chi connectivity index (χ1n) is 6.66. The number of rotatable bonds is 2. The third kappa shape index (κ3) is 476. The molecule has 0 saturated heterocycles. The van der Waals surface area contributed by atoms with E-state index in [0.29, 0.717) is 0 Å². The summed E-state index contributed by atoms with van der Waals surface area (Å²) in [5, 5.41) is 14.0. The van der Waals surface area contributed by atoms with Gasteiger partial charge in [-0.3, -0.25) is 0 Å². The Morgan fingerprint density at radius 1 is 0.519 bits per heavy atom. The monoisotopic (exact) mass is 484 g/mol. The lowest BCUT2D eigenvalue weighted by molar-refractivity contribution is 0.361. The van der Waals surface area contributed by atoms with Gasteiger partial charge in [0.15, 0.2) is 0 Å². The summed E-state index contributed by atoms with van der Waals surface area (Å²) < 4.78 is 101. The molecule has 0 amide bonds. The molecule has 0 aromatic carbocycles. The second-order valence-electron chi connectivity index (χ2n) is 1.50. The van der Waals surface area contributed by atoms with Crippen molar-refractivity contribution in [2.75, 3.05) is 28.4 Å². The zero-order valence-corrected chi connectivity index (χ0v) is 19.3. The molecule has 0 aliphatic rings. The molecule has 0 fully saturated rings. The van der Waals surface area contributed by atoms with Crippen molar-refractivity contribution in [2.45, 2.75) is 41.5 Å². The molecule has 0 unspecified atom stereocenters. The highest BCUT2D eigenvalue weighted by atomic mass is 32.3. The van der Waals surface area contributed by atoms with Crippen molar-refractivity contribution in [1.82, 2.24) is 0 Å². The zero-order chi connectivity index (χ0) is 24.9. The van der Waals surface area contributed by atoms with Crippen molar-refractivity contribution in [2.24, 2.45) is 0 Å². The first kappa shape index (κ1) is 50.3. The molecule has 0 radical (unpaired) electrons. The van der Waals surface area contributed by atoms with Crippen molar-refractivity contribution in [1.29, 1.82) is 0 Å². The van der Waals surface area contributed by atoms with Crippen LogP contribution in [0, 0.1) is 0 Å². The van der Waals surface area contributed by atoms with E-state index in [-0.39, 0.29) is 0 Å². The summed E-state index contributed by atoms with van der Waals surface area (Å²) in [6.07, 6.45) is 0. The fraction of sp³-hybridized carbons (Fsp3) is 1.00. The molecule has 0 aromatic rings. The van der Waals surface area contributed by atoms with Gasteiger partial charge in [0, 0.05) is 14.2 Å². The fourth-order valence-electron chi connectivity index (χ4n) is 0. The summed E-state index contributed by atoms with van der Waals surface area (Å²) in [5.41, 5.74) is 0. The van der Waals surface area contributed by atoms with Gasteiger partial charge in [0.05, 0.1) is 14.2 Å². The van der Waals surface area contributed by atoms with Gasteiger partial charge in [-0.1, -0.05) is 57.1 Å². The van der Waals surface area contributed by atoms with Crippen molar-refractivity contribution < 1.29 is 59.4 Å². The number of aliphatic hydroxyl groups excluding tert-OH is 2. The molecule has 0 aliphatic carbocycles. The van der Waals surface area contributed by atoms with Crippen LogP contribution in [0.5, 0.6) is 0 Å². The summed E-state index contributed by atoms with van der Waals surface area (Å²) in [6.45, 7) is 12.0. The first-order chi connectivity index (χ1) is 12.1. The van der Waals surface area contributed by atoms with Gasteiger partial charge in [-0.05, 0) is 0 Å². The summed E-state index contributed by atoms with van der Waals surface area (Å²) in [6, 6.07) is 0. The summed E-state index contributed by atoms with van der Waals surface area (Å²) in [5.74, 6) is 0. The van der Waals surface area contributed by atoms with Crippen LogP contribution in [0.4, 0.5) is 15.5 Å². The van der Waals surface area contributed by atoms with Gasteiger partial charge in [0.1, 0.15) is 0 Å². The average molecular weight is 485 g/mol. The second kappa shape index (κ2) is 40.2. The van der Waals surface area contributed by atoms with E-state index in [9.17, 15) is 15.5 Å². The van der Waals surface area contributed by atoms with E-state index in [1.165, 1.54) is 0 Å². The number of aliphatic hydroxyl groups is 2. The van der Waals surface area contributed by atoms with Crippen LogP contribution in [0.3, 0.4) is 0 Å². The van der Waals surface area contributed by atoms with Crippen molar-refractivity contribution >= 4 is 31.6 Å². The van der Waals surface area contributed by atoms with Crippen molar-refractivity contribution in [3.63, 3.8) is 0 Å². The number of hydrogen-bond acceptors (Lipinski definition) is 10. The highest BCUT2D eigenvalue weighted by Crippen LogP contribution is 1.86. The minimum atomic E-state index is -5.67. The van der Waals surface area contributed by atoms with E-state index in [1.54, 1.807) is 0 Å². The van der Waals surface area contributed by atoms with Crippen molar-refractivity contribution in [3.05, 3.63) is 0 Å². The highest BCUT2D eigenvalue weighted by molar-refractivity contribution is 7.81. The lowest BCUT2D eigenvalue weighted by atomic mass is 11.0. The fourth-order valence-corrected chi connectivity index (χ4v) is 0. The molecule has 178 valence electrons. The van der Waals surface area contributed by atoms with E-state index >= 15 is 0 Å². The maximum absolute atomic E-state index is 10.9. The molecular weight excluding hydrogens is 452 g/mol. The third-order valence-electron chi connectivity index (χ3n) is 0.398. The summed E-state index contributed by atoms with van der Waals surface area (Å²) in [7, 11) is -11.5. The van der Waals surface area contributed by atoms with Crippen LogP contribution in [0.15, 0.2) is 0 Å². The summed E-state index contributed by atoms with van der Waals surface area (Å²) >= 11 is 0. The first-order valence-corrected chi connectivity index (χ1v) is 10.6. The molecule has 27 heavy (non-hydrogen) atoms. The van der Waals surface area contributed by atoms with Crippen LogP contribution in [0.2, 0.25) is 0 Å². The minimum absolute atomic E-state index is 0.745. The molecule has 0 saturated carbocycles. The summed E-state index contributed by atoms with van der Waals surface area (Å²) in [4.78, 5) is 0. The minimum Gasteiger partial charge on any atom is -0.400 e. The van der Waals surface area contributed by atoms with E-state index in [4.69, 9.17) is 35.5 Å². The lowest BCUT2D eigenvalue weighted by Crippen LogP contribution is -1.89. The molecule has 0 aliphatic heterocycles. The molecule has 0 heterocycles. The molecule has 0 spiro atoms. The largest absolute Gasteiger partial charge is 0.476 e. The number of hydrogen-bond donors (Lipinski definition) is 2. The predicted octanol–water partition coefficient (Wildman–Crippen LogP) is 2.16. The van der Waals surface area contributed by atoms with E-state index in [0.717, 1.165) is 28.4 Å². The Balaban J connectivity index is -0.0000000272. The van der Waals surface area contributed by atoms with E-state index < -0.39 is 31.6 Å². The molecule has 0 atom stereocenters. The molecule has 0 rings (SSSR count). The second-order valence-corrected chi connectivity index (χ2v) is 4.49. The van der Waals surface area contributed by atoms with Crippen LogP contribution in [-0.4, -0.2) is 63.9 Å². The van der Waals surface area contributed by atoms with Gasteiger partial charge in [0.2, 0.25) is 0 Å². The van der Waals surface area contributed by atoms with Crippen LogP contribution >= 0.6 is 0 Å². The molecule has 0 aromatic heterocycles. The van der Waals surface area contributed by atoms with Gasteiger partial charge in [-0.15, -0.1) is 0 Å². The zero-order valence-electron chi connectivity index (χ0n) is 16.9. The Labute approximate surface area is 161 Å². The van der Waals surface area contributed by atoms with Gasteiger partial charge in [-0.2, -0.15) is 25.3 Å². The Morgan fingerprint density at radius 2 is 0.556 bits per heavy atom. The van der Waals surface area contributed by atoms with Crippen LogP contribution < -0.4 is 0 Å². The molecule has 17 heteroatoms. The van der Waals surface area contributed by atoms with Crippen LogP contribution in [0.1, 0.15) is 41.5 Å². The highest BCUT2D eigenvalue weighted by Gasteiger charge is 1.98.